The molecule has 0 amide bonds. The molecule has 1 rings (SSSR count). The van der Waals surface area contributed by atoms with Crippen molar-refractivity contribution in [3.63, 3.8) is 0 Å². The molecule has 78 valence electrons. The highest BCUT2D eigenvalue weighted by Gasteiger charge is 2.19. The lowest BCUT2D eigenvalue weighted by molar-refractivity contribution is 0.414. The number of hydrogen-bond acceptors (Lipinski definition) is 3. The maximum absolute atomic E-state index is 11.1. The van der Waals surface area contributed by atoms with Gasteiger partial charge in [-0.2, -0.15) is 0 Å². The van der Waals surface area contributed by atoms with Crippen LogP contribution in [0.4, 0.5) is 0 Å². The van der Waals surface area contributed by atoms with Crippen LogP contribution in [0.1, 0.15) is 17.7 Å². The number of halogens is 1. The second-order valence-corrected chi connectivity index (χ2v) is 5.84. The Balaban J connectivity index is 3.08. The minimum absolute atomic E-state index is 0.620. The molecular formula is C9H11ClO3S. The second kappa shape index (κ2) is 4.19. The van der Waals surface area contributed by atoms with Gasteiger partial charge in [-0.15, -0.1) is 0 Å². The highest BCUT2D eigenvalue weighted by Crippen LogP contribution is 2.27. The van der Waals surface area contributed by atoms with E-state index in [2.05, 4.69) is 0 Å². The first-order valence-electron chi connectivity index (χ1n) is 4.02. The molecule has 0 saturated heterocycles. The SMILES string of the molecule is COc1cccc(C(C)S(=O)(=O)Cl)c1. The van der Waals surface area contributed by atoms with Crippen LogP contribution in [0.25, 0.3) is 0 Å². The van der Waals surface area contributed by atoms with Crippen LogP contribution in [-0.4, -0.2) is 15.5 Å². The number of methoxy groups -OCH3 is 1. The van der Waals surface area contributed by atoms with Crippen molar-refractivity contribution in [2.75, 3.05) is 7.11 Å². The summed E-state index contributed by atoms with van der Waals surface area (Å²) < 4.78 is 27.1. The van der Waals surface area contributed by atoms with Gasteiger partial charge in [0.2, 0.25) is 9.05 Å². The lowest BCUT2D eigenvalue weighted by Crippen LogP contribution is -2.02. The Morgan fingerprint density at radius 3 is 2.57 bits per heavy atom. The van der Waals surface area contributed by atoms with E-state index in [0.29, 0.717) is 11.3 Å². The van der Waals surface area contributed by atoms with E-state index >= 15 is 0 Å². The molecule has 0 aliphatic heterocycles. The molecule has 0 aliphatic carbocycles. The Kier molecular flexibility index (Phi) is 3.39. The molecule has 3 nitrogen and oxygen atoms in total. The molecule has 0 spiro atoms. The van der Waals surface area contributed by atoms with Gasteiger partial charge in [-0.1, -0.05) is 12.1 Å². The highest BCUT2D eigenvalue weighted by atomic mass is 35.7. The van der Waals surface area contributed by atoms with Gasteiger partial charge in [0.15, 0.2) is 0 Å². The minimum Gasteiger partial charge on any atom is -0.497 e. The summed E-state index contributed by atoms with van der Waals surface area (Å²) in [6.07, 6.45) is 0. The average Bonchev–Trinajstić information content (AvgIpc) is 2.15. The Hall–Kier alpha value is -0.740. The van der Waals surface area contributed by atoms with Gasteiger partial charge in [-0.25, -0.2) is 8.42 Å². The largest absolute Gasteiger partial charge is 0.497 e. The molecule has 1 unspecified atom stereocenters. The zero-order valence-corrected chi connectivity index (χ0v) is 9.47. The summed E-state index contributed by atoms with van der Waals surface area (Å²) in [5, 5.41) is -0.723. The fourth-order valence-electron chi connectivity index (χ4n) is 1.06. The first-order valence-corrected chi connectivity index (χ1v) is 6.40. The monoisotopic (exact) mass is 234 g/mol. The Labute approximate surface area is 88.1 Å². The summed E-state index contributed by atoms with van der Waals surface area (Å²) in [6.45, 7) is 1.54. The van der Waals surface area contributed by atoms with Crippen LogP contribution in [0, 0.1) is 0 Å². The zero-order chi connectivity index (χ0) is 10.8. The molecule has 0 aromatic heterocycles. The molecule has 1 aromatic rings. The van der Waals surface area contributed by atoms with Crippen molar-refractivity contribution in [3.05, 3.63) is 29.8 Å². The van der Waals surface area contributed by atoms with Gasteiger partial charge in [-0.05, 0) is 24.6 Å². The summed E-state index contributed by atoms with van der Waals surface area (Å²) in [4.78, 5) is 0. The number of rotatable bonds is 3. The molecule has 14 heavy (non-hydrogen) atoms. The van der Waals surface area contributed by atoms with Crippen molar-refractivity contribution in [2.24, 2.45) is 0 Å². The van der Waals surface area contributed by atoms with Crippen LogP contribution in [0.2, 0.25) is 0 Å². The first kappa shape index (κ1) is 11.3. The van der Waals surface area contributed by atoms with E-state index in [9.17, 15) is 8.42 Å². The highest BCUT2D eigenvalue weighted by molar-refractivity contribution is 8.13. The minimum atomic E-state index is -3.56. The van der Waals surface area contributed by atoms with Gasteiger partial charge in [0, 0.05) is 10.7 Å². The van der Waals surface area contributed by atoms with Crippen LogP contribution in [-0.2, 0) is 9.05 Å². The summed E-state index contributed by atoms with van der Waals surface area (Å²) in [5.74, 6) is 0.620. The molecule has 0 N–H and O–H groups in total. The van der Waals surface area contributed by atoms with Crippen LogP contribution in [0.15, 0.2) is 24.3 Å². The van der Waals surface area contributed by atoms with E-state index < -0.39 is 14.3 Å². The van der Waals surface area contributed by atoms with E-state index in [1.807, 2.05) is 0 Å². The van der Waals surface area contributed by atoms with Crippen LogP contribution < -0.4 is 4.74 Å². The summed E-state index contributed by atoms with van der Waals surface area (Å²) >= 11 is 0. The maximum atomic E-state index is 11.1. The molecule has 0 saturated carbocycles. The third kappa shape index (κ3) is 2.62. The van der Waals surface area contributed by atoms with E-state index in [4.69, 9.17) is 15.4 Å². The van der Waals surface area contributed by atoms with Crippen molar-refractivity contribution in [3.8, 4) is 5.75 Å². The second-order valence-electron chi connectivity index (χ2n) is 2.89. The molecule has 0 radical (unpaired) electrons. The van der Waals surface area contributed by atoms with Crippen molar-refractivity contribution < 1.29 is 13.2 Å². The predicted octanol–water partition coefficient (Wildman–Crippen LogP) is 2.32. The molecular weight excluding hydrogens is 224 g/mol. The fourth-order valence-corrected chi connectivity index (χ4v) is 1.84. The van der Waals surface area contributed by atoms with Gasteiger partial charge in [-0.3, -0.25) is 0 Å². The zero-order valence-electron chi connectivity index (χ0n) is 7.90. The van der Waals surface area contributed by atoms with Crippen molar-refractivity contribution in [1.82, 2.24) is 0 Å². The fraction of sp³-hybridized carbons (Fsp3) is 0.333. The van der Waals surface area contributed by atoms with Crippen molar-refractivity contribution in [2.45, 2.75) is 12.2 Å². The van der Waals surface area contributed by atoms with Gasteiger partial charge >= 0.3 is 0 Å². The van der Waals surface area contributed by atoms with E-state index in [0.717, 1.165) is 0 Å². The molecule has 1 aromatic carbocycles. The standard InChI is InChI=1S/C9H11ClO3S/c1-7(14(10,11)12)8-4-3-5-9(6-8)13-2/h3-7H,1-2H3. The van der Waals surface area contributed by atoms with Gasteiger partial charge in [0.25, 0.3) is 0 Å². The quantitative estimate of drug-likeness (QED) is 0.754. The Morgan fingerprint density at radius 1 is 1.43 bits per heavy atom. The Bertz CT molecular complexity index is 414. The van der Waals surface area contributed by atoms with E-state index in [1.165, 1.54) is 14.0 Å². The van der Waals surface area contributed by atoms with Gasteiger partial charge < -0.3 is 4.74 Å². The summed E-state index contributed by atoms with van der Waals surface area (Å²) in [6, 6.07) is 6.83. The third-order valence-corrected chi connectivity index (χ3v) is 3.90. The molecule has 0 bridgehead atoms. The van der Waals surface area contributed by atoms with Gasteiger partial charge in [0.05, 0.1) is 12.4 Å². The number of ether oxygens (including phenoxy) is 1. The summed E-state index contributed by atoms with van der Waals surface area (Å²) in [7, 11) is 3.21. The van der Waals surface area contributed by atoms with Gasteiger partial charge in [0.1, 0.15) is 5.75 Å². The van der Waals surface area contributed by atoms with Crippen molar-refractivity contribution in [1.29, 1.82) is 0 Å². The van der Waals surface area contributed by atoms with Crippen molar-refractivity contribution >= 4 is 19.7 Å². The molecule has 0 fully saturated rings. The van der Waals surface area contributed by atoms with Crippen LogP contribution >= 0.6 is 10.7 Å². The van der Waals surface area contributed by atoms with E-state index in [-0.39, 0.29) is 0 Å². The predicted molar refractivity (Wildman–Crippen MR) is 56.2 cm³/mol. The topological polar surface area (TPSA) is 43.4 Å². The molecule has 5 heteroatoms. The smallest absolute Gasteiger partial charge is 0.239 e. The maximum Gasteiger partial charge on any atom is 0.239 e. The van der Waals surface area contributed by atoms with Crippen LogP contribution in [0.3, 0.4) is 0 Å². The number of hydrogen-bond donors (Lipinski definition) is 0. The first-order chi connectivity index (χ1) is 6.45. The lowest BCUT2D eigenvalue weighted by Gasteiger charge is -2.09. The van der Waals surface area contributed by atoms with Crippen LogP contribution in [0.5, 0.6) is 5.75 Å². The lowest BCUT2D eigenvalue weighted by atomic mass is 10.1. The third-order valence-electron chi connectivity index (χ3n) is 1.99. The normalized spacial score (nSPS) is 13.6. The van der Waals surface area contributed by atoms with E-state index in [1.54, 1.807) is 24.3 Å². The number of benzene rings is 1. The molecule has 0 heterocycles. The summed E-state index contributed by atoms with van der Waals surface area (Å²) in [5.41, 5.74) is 0.624. The average molecular weight is 235 g/mol. The Morgan fingerprint density at radius 2 is 2.07 bits per heavy atom. The molecule has 0 aliphatic rings. The molecule has 1 atom stereocenters.